The van der Waals surface area contributed by atoms with Crippen LogP contribution in [-0.2, 0) is 11.3 Å². The fourth-order valence-corrected chi connectivity index (χ4v) is 3.24. The van der Waals surface area contributed by atoms with Crippen LogP contribution < -0.4 is 10.0 Å². The molecule has 3 rings (SSSR count). The highest BCUT2D eigenvalue weighted by Gasteiger charge is 2.15. The number of nitrogens with one attached hydrogen (secondary N) is 2. The molecule has 1 atom stereocenters. The van der Waals surface area contributed by atoms with E-state index in [1.165, 1.54) is 11.4 Å². The summed E-state index contributed by atoms with van der Waals surface area (Å²) < 4.78 is 63.2. The molecule has 2 N–H and O–H groups in total. The quantitative estimate of drug-likeness (QED) is 0.625. The molecule has 1 aromatic heterocycles. The summed E-state index contributed by atoms with van der Waals surface area (Å²) in [5, 5.41) is 4.11. The largest absolute Gasteiger partial charge is 0.755 e. The van der Waals surface area contributed by atoms with E-state index >= 15 is 0 Å². The molecule has 0 radical (unpaired) electrons. The van der Waals surface area contributed by atoms with Gasteiger partial charge in [-0.15, -0.1) is 11.3 Å². The van der Waals surface area contributed by atoms with Crippen molar-refractivity contribution in [2.75, 3.05) is 10.0 Å². The van der Waals surface area contributed by atoms with Gasteiger partial charge in [0.1, 0.15) is 5.82 Å². The molecule has 0 aliphatic carbocycles. The first kappa shape index (κ1) is 19.0. The second-order valence-corrected chi connectivity index (χ2v) is 6.68. The fourth-order valence-electron chi connectivity index (χ4n) is 2.17. The third kappa shape index (κ3) is 4.51. The molecule has 0 aliphatic rings. The number of nitrogens with zero attached hydrogens (tertiary/aromatic N) is 1. The van der Waals surface area contributed by atoms with Gasteiger partial charge in [-0.1, -0.05) is 0 Å². The normalized spacial score (nSPS) is 11.9. The van der Waals surface area contributed by atoms with Crippen molar-refractivity contribution in [3.63, 3.8) is 0 Å². The number of carbonyl (C=O) groups is 1. The summed E-state index contributed by atoms with van der Waals surface area (Å²) in [6, 6.07) is 6.25. The number of carbonyl (C=O) groups excluding carboxylic acids is 1. The average molecular weight is 412 g/mol. The van der Waals surface area contributed by atoms with E-state index in [4.69, 9.17) is 0 Å². The van der Waals surface area contributed by atoms with E-state index in [1.807, 2.05) is 4.72 Å². The molecular weight excluding hydrogens is 403 g/mol. The summed E-state index contributed by atoms with van der Waals surface area (Å²) in [6.07, 6.45) is 0. The second kappa shape index (κ2) is 7.86. The summed E-state index contributed by atoms with van der Waals surface area (Å²) in [4.78, 5) is 16.5. The number of hydrogen-bond donors (Lipinski definition) is 2. The predicted molar refractivity (Wildman–Crippen MR) is 94.4 cm³/mol. The van der Waals surface area contributed by atoms with Crippen molar-refractivity contribution in [2.24, 2.45) is 0 Å². The van der Waals surface area contributed by atoms with Crippen molar-refractivity contribution in [3.8, 4) is 11.3 Å². The van der Waals surface area contributed by atoms with Crippen LogP contribution in [0.3, 0.4) is 0 Å². The van der Waals surface area contributed by atoms with Crippen LogP contribution in [0.1, 0.15) is 10.4 Å². The highest BCUT2D eigenvalue weighted by molar-refractivity contribution is 7.80. The number of anilines is 2. The number of thiazole rings is 1. The van der Waals surface area contributed by atoms with Gasteiger partial charge in [-0.25, -0.2) is 18.2 Å². The van der Waals surface area contributed by atoms with E-state index in [9.17, 15) is 26.7 Å². The Morgan fingerprint density at radius 3 is 2.59 bits per heavy atom. The molecule has 0 saturated carbocycles. The highest BCUT2D eigenvalue weighted by Crippen LogP contribution is 2.27. The van der Waals surface area contributed by atoms with Gasteiger partial charge in [0.05, 0.1) is 16.9 Å². The minimum Gasteiger partial charge on any atom is -0.755 e. The molecule has 0 bridgehead atoms. The highest BCUT2D eigenvalue weighted by atomic mass is 32.2. The van der Waals surface area contributed by atoms with E-state index in [-0.39, 0.29) is 16.4 Å². The fraction of sp³-hybridized carbons (Fsp3) is 0. The summed E-state index contributed by atoms with van der Waals surface area (Å²) in [7, 11) is 0. The van der Waals surface area contributed by atoms with Crippen LogP contribution in [0.25, 0.3) is 11.3 Å². The third-order valence-electron chi connectivity index (χ3n) is 3.36. The van der Waals surface area contributed by atoms with Crippen molar-refractivity contribution in [3.05, 3.63) is 64.8 Å². The lowest BCUT2D eigenvalue weighted by Gasteiger charge is -2.13. The Labute approximate surface area is 157 Å². The number of hydrogen-bond acceptors (Lipinski definition) is 5. The first-order valence-corrected chi connectivity index (χ1v) is 9.16. The van der Waals surface area contributed by atoms with Gasteiger partial charge >= 0.3 is 0 Å². The van der Waals surface area contributed by atoms with Crippen molar-refractivity contribution < 1.29 is 26.7 Å². The number of halogens is 3. The van der Waals surface area contributed by atoms with Gasteiger partial charge in [-0.05, 0) is 36.4 Å². The predicted octanol–water partition coefficient (Wildman–Crippen LogP) is 3.69. The summed E-state index contributed by atoms with van der Waals surface area (Å²) in [6.45, 7) is 0. The van der Waals surface area contributed by atoms with Crippen LogP contribution in [0.15, 0.2) is 41.8 Å². The summed E-state index contributed by atoms with van der Waals surface area (Å²) in [5.41, 5.74) is 0.271. The molecule has 0 aliphatic heterocycles. The molecule has 1 heterocycles. The van der Waals surface area contributed by atoms with Gasteiger partial charge in [0, 0.05) is 22.2 Å². The maximum absolute atomic E-state index is 13.3. The number of amides is 1. The SMILES string of the molecule is O=C(Nc1nc(-c2ccc(F)c(F)c2)cs1)c1ccc(F)cc1NS(=O)[O-]. The summed E-state index contributed by atoms with van der Waals surface area (Å²) >= 11 is -1.72. The van der Waals surface area contributed by atoms with Crippen molar-refractivity contribution >= 4 is 39.3 Å². The molecule has 2 aromatic carbocycles. The maximum Gasteiger partial charge on any atom is 0.259 e. The van der Waals surface area contributed by atoms with Crippen LogP contribution in [0.4, 0.5) is 24.0 Å². The molecule has 140 valence electrons. The van der Waals surface area contributed by atoms with Gasteiger partial charge in [0.2, 0.25) is 0 Å². The Morgan fingerprint density at radius 2 is 1.89 bits per heavy atom. The number of benzene rings is 2. The van der Waals surface area contributed by atoms with Gasteiger partial charge in [-0.2, -0.15) is 0 Å². The minimum absolute atomic E-state index is 0.120. The van der Waals surface area contributed by atoms with Crippen LogP contribution in [-0.4, -0.2) is 19.7 Å². The zero-order chi connectivity index (χ0) is 19.6. The van der Waals surface area contributed by atoms with Gasteiger partial charge in [-0.3, -0.25) is 14.3 Å². The molecule has 6 nitrogen and oxygen atoms in total. The van der Waals surface area contributed by atoms with E-state index in [0.29, 0.717) is 11.3 Å². The first-order chi connectivity index (χ1) is 12.8. The van der Waals surface area contributed by atoms with Gasteiger partial charge in [0.25, 0.3) is 5.91 Å². The Hall–Kier alpha value is -2.76. The van der Waals surface area contributed by atoms with E-state index in [1.54, 1.807) is 0 Å². The molecular formula is C16H9F3N3O3S2-. The molecule has 1 amide bonds. The summed E-state index contributed by atoms with van der Waals surface area (Å²) in [5.74, 6) is -3.48. The zero-order valence-corrected chi connectivity index (χ0v) is 14.8. The molecule has 11 heteroatoms. The Balaban J connectivity index is 1.82. The lowest BCUT2D eigenvalue weighted by atomic mass is 10.1. The molecule has 0 saturated heterocycles. The van der Waals surface area contributed by atoms with Crippen LogP contribution in [0.5, 0.6) is 0 Å². The van der Waals surface area contributed by atoms with Gasteiger partial charge < -0.3 is 9.27 Å². The molecule has 3 aromatic rings. The van der Waals surface area contributed by atoms with Crippen LogP contribution in [0.2, 0.25) is 0 Å². The zero-order valence-electron chi connectivity index (χ0n) is 13.2. The number of rotatable bonds is 5. The van der Waals surface area contributed by atoms with Gasteiger partial charge in [0.15, 0.2) is 16.8 Å². The smallest absolute Gasteiger partial charge is 0.259 e. The van der Waals surface area contributed by atoms with Crippen molar-refractivity contribution in [1.82, 2.24) is 4.98 Å². The average Bonchev–Trinajstić information content (AvgIpc) is 3.05. The molecule has 1 unspecified atom stereocenters. The van der Waals surface area contributed by atoms with E-state index in [2.05, 4.69) is 10.3 Å². The van der Waals surface area contributed by atoms with E-state index in [0.717, 1.165) is 41.7 Å². The standard InChI is InChI=1S/C16H10F3N3O3S2/c17-9-2-3-10(13(6-9)22-27(24)25)15(23)21-16-20-14(7-26-16)8-1-4-11(18)12(19)5-8/h1-7,22H,(H,24,25)(H,20,21,23)/p-1. The lowest BCUT2D eigenvalue weighted by Crippen LogP contribution is -2.15. The second-order valence-electron chi connectivity index (χ2n) is 5.15. The maximum atomic E-state index is 13.3. The topological polar surface area (TPSA) is 94.2 Å². The van der Waals surface area contributed by atoms with Crippen molar-refractivity contribution in [1.29, 1.82) is 0 Å². The Bertz CT molecular complexity index is 1040. The van der Waals surface area contributed by atoms with Crippen LogP contribution >= 0.6 is 11.3 Å². The minimum atomic E-state index is -2.75. The molecule has 27 heavy (non-hydrogen) atoms. The van der Waals surface area contributed by atoms with Crippen molar-refractivity contribution in [2.45, 2.75) is 0 Å². The molecule has 0 spiro atoms. The molecule has 0 fully saturated rings. The van der Waals surface area contributed by atoms with E-state index < -0.39 is 34.6 Å². The Morgan fingerprint density at radius 1 is 1.11 bits per heavy atom. The third-order valence-corrected chi connectivity index (χ3v) is 4.50. The monoisotopic (exact) mass is 412 g/mol. The van der Waals surface area contributed by atoms with Crippen LogP contribution in [0, 0.1) is 17.5 Å². The first-order valence-electron chi connectivity index (χ1n) is 7.21. The Kier molecular flexibility index (Phi) is 5.54. The number of aromatic nitrogens is 1. The lowest BCUT2D eigenvalue weighted by molar-refractivity contribution is 0.102.